The molecule has 18 heavy (non-hydrogen) atoms. The van der Waals surface area contributed by atoms with Gasteiger partial charge in [0.1, 0.15) is 0 Å². The van der Waals surface area contributed by atoms with Crippen LogP contribution in [-0.4, -0.2) is 24.7 Å². The van der Waals surface area contributed by atoms with E-state index < -0.39 is 0 Å². The van der Waals surface area contributed by atoms with Gasteiger partial charge in [0, 0.05) is 17.6 Å². The van der Waals surface area contributed by atoms with E-state index in [0.29, 0.717) is 12.5 Å². The van der Waals surface area contributed by atoms with Crippen LogP contribution in [0.1, 0.15) is 12.5 Å². The minimum Gasteiger partial charge on any atom is -0.481 e. The lowest BCUT2D eigenvalue weighted by Crippen LogP contribution is -2.07. The third-order valence-corrected chi connectivity index (χ3v) is 2.62. The number of benzene rings is 1. The second kappa shape index (κ2) is 5.49. The summed E-state index contributed by atoms with van der Waals surface area (Å²) < 4.78 is 9.98. The van der Waals surface area contributed by atoms with Crippen molar-refractivity contribution in [1.29, 1.82) is 0 Å². The van der Waals surface area contributed by atoms with Gasteiger partial charge in [-0.25, -0.2) is 4.98 Å². The molecule has 0 radical (unpaired) electrons. The number of rotatable bonds is 4. The molecule has 0 atom stereocenters. The standard InChI is InChI=1S/C14H15NO3/c1-3-18-14(16)7-10-4-5-11-8-13(17-2)15-9-12(11)6-10/h4-6,8-9H,3,7H2,1-2H3. The molecule has 0 aliphatic heterocycles. The molecule has 0 saturated carbocycles. The van der Waals surface area contributed by atoms with Gasteiger partial charge in [-0.15, -0.1) is 0 Å². The molecule has 0 fully saturated rings. The van der Waals surface area contributed by atoms with Gasteiger partial charge in [-0.2, -0.15) is 0 Å². The molecule has 1 aromatic carbocycles. The van der Waals surface area contributed by atoms with E-state index in [1.807, 2.05) is 24.3 Å². The fourth-order valence-corrected chi connectivity index (χ4v) is 1.77. The van der Waals surface area contributed by atoms with Gasteiger partial charge in [0.15, 0.2) is 0 Å². The number of aromatic nitrogens is 1. The summed E-state index contributed by atoms with van der Waals surface area (Å²) in [5.41, 5.74) is 0.924. The summed E-state index contributed by atoms with van der Waals surface area (Å²) in [5.74, 6) is 0.374. The van der Waals surface area contributed by atoms with Crippen molar-refractivity contribution >= 4 is 16.7 Å². The molecule has 4 nitrogen and oxygen atoms in total. The molecular formula is C14H15NO3. The van der Waals surface area contributed by atoms with Crippen molar-refractivity contribution in [2.75, 3.05) is 13.7 Å². The third-order valence-electron chi connectivity index (χ3n) is 2.62. The Morgan fingerprint density at radius 2 is 2.11 bits per heavy atom. The van der Waals surface area contributed by atoms with E-state index in [0.717, 1.165) is 16.3 Å². The predicted octanol–water partition coefficient (Wildman–Crippen LogP) is 2.35. The Morgan fingerprint density at radius 1 is 1.28 bits per heavy atom. The summed E-state index contributed by atoms with van der Waals surface area (Å²) in [6.07, 6.45) is 2.03. The number of esters is 1. The summed E-state index contributed by atoms with van der Waals surface area (Å²) in [5, 5.41) is 2.02. The first-order chi connectivity index (χ1) is 8.72. The number of nitrogens with zero attached hydrogens (tertiary/aromatic N) is 1. The highest BCUT2D eigenvalue weighted by atomic mass is 16.5. The molecule has 0 amide bonds. The molecule has 0 N–H and O–H groups in total. The lowest BCUT2D eigenvalue weighted by molar-refractivity contribution is -0.142. The van der Waals surface area contributed by atoms with Gasteiger partial charge in [0.25, 0.3) is 0 Å². The van der Waals surface area contributed by atoms with Gasteiger partial charge < -0.3 is 9.47 Å². The lowest BCUT2D eigenvalue weighted by Gasteiger charge is -2.05. The van der Waals surface area contributed by atoms with Gasteiger partial charge in [-0.1, -0.05) is 12.1 Å². The Kier molecular flexibility index (Phi) is 3.77. The largest absolute Gasteiger partial charge is 0.481 e. The first kappa shape index (κ1) is 12.4. The van der Waals surface area contributed by atoms with Crippen molar-refractivity contribution in [2.24, 2.45) is 0 Å². The van der Waals surface area contributed by atoms with Crippen LogP contribution >= 0.6 is 0 Å². The summed E-state index contributed by atoms with van der Waals surface area (Å²) in [6.45, 7) is 2.21. The van der Waals surface area contributed by atoms with Crippen LogP contribution in [0, 0.1) is 0 Å². The number of hydrogen-bond donors (Lipinski definition) is 0. The number of methoxy groups -OCH3 is 1. The highest BCUT2D eigenvalue weighted by molar-refractivity contribution is 5.84. The molecule has 1 aromatic heterocycles. The SMILES string of the molecule is CCOC(=O)Cc1ccc2cc(OC)ncc2c1. The third kappa shape index (κ3) is 2.77. The first-order valence-corrected chi connectivity index (χ1v) is 5.81. The molecule has 2 aromatic rings. The molecule has 0 bridgehead atoms. The van der Waals surface area contributed by atoms with Crippen LogP contribution in [0.4, 0.5) is 0 Å². The van der Waals surface area contributed by atoms with E-state index in [9.17, 15) is 4.79 Å². The number of carbonyl (C=O) groups excluding carboxylic acids is 1. The molecule has 2 rings (SSSR count). The predicted molar refractivity (Wildman–Crippen MR) is 68.6 cm³/mol. The molecule has 1 heterocycles. The van der Waals surface area contributed by atoms with E-state index in [1.165, 1.54) is 0 Å². The van der Waals surface area contributed by atoms with Gasteiger partial charge in [-0.3, -0.25) is 4.79 Å². The quantitative estimate of drug-likeness (QED) is 0.776. The van der Waals surface area contributed by atoms with Crippen molar-refractivity contribution in [1.82, 2.24) is 4.98 Å². The molecule has 94 valence electrons. The second-order valence-corrected chi connectivity index (χ2v) is 3.89. The first-order valence-electron chi connectivity index (χ1n) is 5.81. The van der Waals surface area contributed by atoms with E-state index in [2.05, 4.69) is 4.98 Å². The average Bonchev–Trinajstić information content (AvgIpc) is 2.38. The number of carbonyl (C=O) groups is 1. The van der Waals surface area contributed by atoms with E-state index in [-0.39, 0.29) is 12.4 Å². The van der Waals surface area contributed by atoms with Crippen molar-refractivity contribution < 1.29 is 14.3 Å². The summed E-state index contributed by atoms with van der Waals surface area (Å²) in [4.78, 5) is 15.5. The topological polar surface area (TPSA) is 48.4 Å². The second-order valence-electron chi connectivity index (χ2n) is 3.89. The fourth-order valence-electron chi connectivity index (χ4n) is 1.77. The summed E-state index contributed by atoms with van der Waals surface area (Å²) in [7, 11) is 1.59. The molecule has 4 heteroatoms. The Labute approximate surface area is 106 Å². The number of hydrogen-bond acceptors (Lipinski definition) is 4. The molecule has 0 saturated heterocycles. The fraction of sp³-hybridized carbons (Fsp3) is 0.286. The van der Waals surface area contributed by atoms with Crippen molar-refractivity contribution in [3.05, 3.63) is 36.0 Å². The number of ether oxygens (including phenoxy) is 2. The normalized spacial score (nSPS) is 10.3. The van der Waals surface area contributed by atoms with Crippen LogP contribution in [0.5, 0.6) is 5.88 Å². The molecule has 0 unspecified atom stereocenters. The molecular weight excluding hydrogens is 230 g/mol. The molecule has 0 aliphatic carbocycles. The van der Waals surface area contributed by atoms with Crippen LogP contribution < -0.4 is 4.74 Å². The monoisotopic (exact) mass is 245 g/mol. The lowest BCUT2D eigenvalue weighted by atomic mass is 10.1. The van der Waals surface area contributed by atoms with Gasteiger partial charge in [0.05, 0.1) is 20.1 Å². The Morgan fingerprint density at radius 3 is 2.83 bits per heavy atom. The van der Waals surface area contributed by atoms with E-state index in [1.54, 1.807) is 20.2 Å². The minimum absolute atomic E-state index is 0.210. The highest BCUT2D eigenvalue weighted by Crippen LogP contribution is 2.19. The van der Waals surface area contributed by atoms with Gasteiger partial charge >= 0.3 is 5.97 Å². The highest BCUT2D eigenvalue weighted by Gasteiger charge is 2.05. The van der Waals surface area contributed by atoms with Crippen molar-refractivity contribution in [2.45, 2.75) is 13.3 Å². The molecule has 0 aliphatic rings. The zero-order valence-electron chi connectivity index (χ0n) is 10.5. The Bertz CT molecular complexity index is 566. The van der Waals surface area contributed by atoms with E-state index in [4.69, 9.17) is 9.47 Å². The maximum absolute atomic E-state index is 11.4. The van der Waals surface area contributed by atoms with Crippen molar-refractivity contribution in [3.8, 4) is 5.88 Å². The van der Waals surface area contributed by atoms with Gasteiger partial charge in [-0.05, 0) is 23.9 Å². The summed E-state index contributed by atoms with van der Waals surface area (Å²) >= 11 is 0. The molecule has 0 spiro atoms. The van der Waals surface area contributed by atoms with Crippen LogP contribution in [0.15, 0.2) is 30.5 Å². The van der Waals surface area contributed by atoms with Gasteiger partial charge in [0.2, 0.25) is 5.88 Å². The maximum Gasteiger partial charge on any atom is 0.310 e. The summed E-state index contributed by atoms with van der Waals surface area (Å²) in [6, 6.07) is 7.68. The number of fused-ring (bicyclic) bond motifs is 1. The van der Waals surface area contributed by atoms with Crippen LogP contribution in [0.3, 0.4) is 0 Å². The smallest absolute Gasteiger partial charge is 0.310 e. The van der Waals surface area contributed by atoms with Crippen LogP contribution in [0.25, 0.3) is 10.8 Å². The minimum atomic E-state index is -0.210. The zero-order valence-corrected chi connectivity index (χ0v) is 10.5. The van der Waals surface area contributed by atoms with Crippen LogP contribution in [0.2, 0.25) is 0 Å². The van der Waals surface area contributed by atoms with Crippen molar-refractivity contribution in [3.63, 3.8) is 0 Å². The van der Waals surface area contributed by atoms with E-state index >= 15 is 0 Å². The zero-order chi connectivity index (χ0) is 13.0. The average molecular weight is 245 g/mol. The number of pyridine rings is 1. The van der Waals surface area contributed by atoms with Crippen LogP contribution in [-0.2, 0) is 16.0 Å². The maximum atomic E-state index is 11.4. The Balaban J connectivity index is 2.25. The Hall–Kier alpha value is -2.10.